The first kappa shape index (κ1) is 15.9. The Morgan fingerprint density at radius 2 is 2.19 bits per heavy atom. The molecule has 0 aliphatic carbocycles. The largest absolute Gasteiger partial charge is 0.335 e. The van der Waals surface area contributed by atoms with Crippen molar-refractivity contribution < 1.29 is 9.72 Å². The summed E-state index contributed by atoms with van der Waals surface area (Å²) in [5.74, 6) is -0.107. The molecule has 1 saturated heterocycles. The lowest BCUT2D eigenvalue weighted by Crippen LogP contribution is -2.41. The van der Waals surface area contributed by atoms with E-state index >= 15 is 0 Å². The van der Waals surface area contributed by atoms with Gasteiger partial charge in [0.2, 0.25) is 0 Å². The third-order valence-electron chi connectivity index (χ3n) is 3.97. The summed E-state index contributed by atoms with van der Waals surface area (Å²) >= 11 is 3.47. The minimum atomic E-state index is -0.434. The van der Waals surface area contributed by atoms with E-state index in [2.05, 4.69) is 15.9 Å². The molecule has 0 saturated carbocycles. The van der Waals surface area contributed by atoms with Crippen molar-refractivity contribution in [1.29, 1.82) is 0 Å². The van der Waals surface area contributed by atoms with Crippen LogP contribution in [0.15, 0.2) is 18.2 Å². The molecule has 0 radical (unpaired) electrons. The Bertz CT molecular complexity index is 548. The monoisotopic (exact) mass is 354 g/mol. The highest BCUT2D eigenvalue weighted by molar-refractivity contribution is 9.09. The van der Waals surface area contributed by atoms with Crippen LogP contribution in [0.5, 0.6) is 0 Å². The summed E-state index contributed by atoms with van der Waals surface area (Å²) in [6.07, 6.45) is 4.21. The Balaban J connectivity index is 2.29. The normalized spacial score (nSPS) is 19.1. The molecule has 1 aliphatic heterocycles. The molecule has 6 heteroatoms. The molecule has 0 N–H and O–H groups in total. The van der Waals surface area contributed by atoms with Crippen molar-refractivity contribution in [2.24, 2.45) is 0 Å². The average Bonchev–Trinajstić information content (AvgIpc) is 2.71. The summed E-state index contributed by atoms with van der Waals surface area (Å²) in [5, 5.41) is 11.8. The van der Waals surface area contributed by atoms with E-state index in [-0.39, 0.29) is 17.6 Å². The van der Waals surface area contributed by atoms with Crippen molar-refractivity contribution in [3.05, 3.63) is 39.4 Å². The third kappa shape index (κ3) is 3.61. The number of halogens is 1. The van der Waals surface area contributed by atoms with E-state index in [9.17, 15) is 14.9 Å². The van der Waals surface area contributed by atoms with Gasteiger partial charge in [0.05, 0.1) is 4.92 Å². The number of carbonyl (C=O) groups excluding carboxylic acids is 1. The lowest BCUT2D eigenvalue weighted by Gasteiger charge is -2.28. The number of carbonyl (C=O) groups is 1. The molecule has 1 fully saturated rings. The van der Waals surface area contributed by atoms with Crippen LogP contribution >= 0.6 is 15.9 Å². The smallest absolute Gasteiger partial charge is 0.273 e. The lowest BCUT2D eigenvalue weighted by molar-refractivity contribution is -0.385. The zero-order chi connectivity index (χ0) is 15.4. The Morgan fingerprint density at radius 3 is 2.86 bits per heavy atom. The highest BCUT2D eigenvalue weighted by atomic mass is 79.9. The number of hydrogen-bond acceptors (Lipinski definition) is 3. The molecule has 1 unspecified atom stereocenters. The second kappa shape index (κ2) is 7.02. The van der Waals surface area contributed by atoms with Gasteiger partial charge in [-0.3, -0.25) is 14.9 Å². The van der Waals surface area contributed by atoms with Gasteiger partial charge in [-0.05, 0) is 25.8 Å². The molecule has 114 valence electrons. The molecule has 1 aromatic rings. The van der Waals surface area contributed by atoms with Crippen molar-refractivity contribution in [1.82, 2.24) is 4.90 Å². The molecule has 21 heavy (non-hydrogen) atoms. The van der Waals surface area contributed by atoms with Gasteiger partial charge in [-0.1, -0.05) is 34.8 Å². The summed E-state index contributed by atoms with van der Waals surface area (Å²) < 4.78 is 0. The van der Waals surface area contributed by atoms with E-state index in [4.69, 9.17) is 0 Å². The predicted molar refractivity (Wildman–Crippen MR) is 84.9 cm³/mol. The molecule has 0 bridgehead atoms. The molecule has 1 aliphatic rings. The maximum Gasteiger partial charge on any atom is 0.273 e. The number of aryl methyl sites for hydroxylation is 1. The quantitative estimate of drug-likeness (QED) is 0.472. The minimum Gasteiger partial charge on any atom is -0.335 e. The summed E-state index contributed by atoms with van der Waals surface area (Å²) in [6.45, 7) is 2.40. The van der Waals surface area contributed by atoms with Gasteiger partial charge in [-0.25, -0.2) is 0 Å². The maximum absolute atomic E-state index is 12.7. The summed E-state index contributed by atoms with van der Waals surface area (Å²) in [5.41, 5.74) is 0.982. The zero-order valence-corrected chi connectivity index (χ0v) is 13.6. The molecular weight excluding hydrogens is 336 g/mol. The van der Waals surface area contributed by atoms with Gasteiger partial charge in [0.25, 0.3) is 11.6 Å². The first-order valence-electron chi connectivity index (χ1n) is 7.16. The molecule has 1 heterocycles. The van der Waals surface area contributed by atoms with Crippen LogP contribution in [-0.2, 0) is 0 Å². The summed E-state index contributed by atoms with van der Waals surface area (Å²) in [7, 11) is 0. The summed E-state index contributed by atoms with van der Waals surface area (Å²) in [6, 6.07) is 4.89. The molecule has 0 spiro atoms. The molecule has 1 aromatic carbocycles. The Kier molecular flexibility index (Phi) is 5.33. The van der Waals surface area contributed by atoms with E-state index in [1.807, 2.05) is 4.90 Å². The first-order valence-corrected chi connectivity index (χ1v) is 8.28. The molecule has 5 nitrogen and oxygen atoms in total. The van der Waals surface area contributed by atoms with Gasteiger partial charge in [-0.15, -0.1) is 0 Å². The average molecular weight is 355 g/mol. The van der Waals surface area contributed by atoms with Crippen LogP contribution in [0, 0.1) is 17.0 Å². The maximum atomic E-state index is 12.7. The standard InChI is InChI=1S/C15H19BrN2O3/c1-11-6-7-12(9-14(11)18(20)21)15(19)17-8-4-2-3-5-13(17)10-16/h6-7,9,13H,2-5,8,10H2,1H3. The van der Waals surface area contributed by atoms with Crippen LogP contribution in [0.2, 0.25) is 0 Å². The molecule has 1 atom stereocenters. The second-order valence-electron chi connectivity index (χ2n) is 5.41. The molecule has 1 amide bonds. The summed E-state index contributed by atoms with van der Waals surface area (Å²) in [4.78, 5) is 25.1. The van der Waals surface area contributed by atoms with E-state index in [1.165, 1.54) is 6.07 Å². The number of nitrogens with zero attached hydrogens (tertiary/aromatic N) is 2. The van der Waals surface area contributed by atoms with Crippen LogP contribution < -0.4 is 0 Å². The lowest BCUT2D eigenvalue weighted by atomic mass is 10.1. The van der Waals surface area contributed by atoms with Crippen molar-refractivity contribution >= 4 is 27.5 Å². The predicted octanol–water partition coefficient (Wildman–Crippen LogP) is 3.68. The minimum absolute atomic E-state index is 0.00561. The van der Waals surface area contributed by atoms with Crippen molar-refractivity contribution in [3.8, 4) is 0 Å². The SMILES string of the molecule is Cc1ccc(C(=O)N2CCCCCC2CBr)cc1[N+](=O)[O-]. The number of benzene rings is 1. The topological polar surface area (TPSA) is 63.5 Å². The number of nitro groups is 1. The second-order valence-corrected chi connectivity index (χ2v) is 6.06. The fourth-order valence-corrected chi connectivity index (χ4v) is 3.38. The van der Waals surface area contributed by atoms with Gasteiger partial charge in [0.15, 0.2) is 0 Å². The third-order valence-corrected chi connectivity index (χ3v) is 4.72. The van der Waals surface area contributed by atoms with E-state index in [0.717, 1.165) is 37.6 Å². The van der Waals surface area contributed by atoms with Crippen LogP contribution in [0.1, 0.15) is 41.6 Å². The van der Waals surface area contributed by atoms with E-state index in [1.54, 1.807) is 19.1 Å². The number of amides is 1. The van der Waals surface area contributed by atoms with Crippen molar-refractivity contribution in [2.45, 2.75) is 38.6 Å². The van der Waals surface area contributed by atoms with Crippen LogP contribution in [0.25, 0.3) is 0 Å². The van der Waals surface area contributed by atoms with Crippen molar-refractivity contribution in [3.63, 3.8) is 0 Å². The van der Waals surface area contributed by atoms with Crippen molar-refractivity contribution in [2.75, 3.05) is 11.9 Å². The Morgan fingerprint density at radius 1 is 1.43 bits per heavy atom. The number of nitro benzene ring substituents is 1. The molecule has 2 rings (SSSR count). The zero-order valence-electron chi connectivity index (χ0n) is 12.0. The van der Waals surface area contributed by atoms with Crippen LogP contribution in [0.4, 0.5) is 5.69 Å². The highest BCUT2D eigenvalue weighted by Crippen LogP contribution is 2.24. The number of likely N-dealkylation sites (tertiary alicyclic amines) is 1. The fourth-order valence-electron chi connectivity index (χ4n) is 2.71. The van der Waals surface area contributed by atoms with Gasteiger partial charge in [0, 0.05) is 35.1 Å². The van der Waals surface area contributed by atoms with Crippen LogP contribution in [-0.4, -0.2) is 33.6 Å². The molecular formula is C15H19BrN2O3. The van der Waals surface area contributed by atoms with Gasteiger partial charge >= 0.3 is 0 Å². The number of rotatable bonds is 3. The Labute approximate surface area is 132 Å². The number of hydrogen-bond donors (Lipinski definition) is 0. The van der Waals surface area contributed by atoms with Gasteiger partial charge in [-0.2, -0.15) is 0 Å². The number of alkyl halides is 1. The Hall–Kier alpha value is -1.43. The van der Waals surface area contributed by atoms with Gasteiger partial charge in [0.1, 0.15) is 0 Å². The van der Waals surface area contributed by atoms with Crippen LogP contribution in [0.3, 0.4) is 0 Å². The van der Waals surface area contributed by atoms with E-state index < -0.39 is 4.92 Å². The van der Waals surface area contributed by atoms with Gasteiger partial charge < -0.3 is 4.90 Å². The highest BCUT2D eigenvalue weighted by Gasteiger charge is 2.26. The fraction of sp³-hybridized carbons (Fsp3) is 0.533. The first-order chi connectivity index (χ1) is 10.0. The van der Waals surface area contributed by atoms with E-state index in [0.29, 0.717) is 11.1 Å². The molecule has 0 aromatic heterocycles.